The third-order valence-corrected chi connectivity index (χ3v) is 4.81. The van der Waals surface area contributed by atoms with E-state index in [4.69, 9.17) is 16.3 Å². The number of nitrogens with zero attached hydrogens (tertiary/aromatic N) is 3. The first-order chi connectivity index (χ1) is 14.2. The van der Waals surface area contributed by atoms with E-state index in [0.29, 0.717) is 10.5 Å². The van der Waals surface area contributed by atoms with Crippen molar-refractivity contribution in [1.82, 2.24) is 25.1 Å². The van der Waals surface area contributed by atoms with Gasteiger partial charge in [-0.15, -0.1) is 0 Å². The first-order valence-corrected chi connectivity index (χ1v) is 9.25. The molecule has 0 saturated heterocycles. The maximum Gasteiger partial charge on any atom is 0.374 e. The van der Waals surface area contributed by atoms with Gasteiger partial charge in [0, 0.05) is 28.4 Å². The Morgan fingerprint density at radius 1 is 1.07 bits per heavy atom. The first-order valence-electron chi connectivity index (χ1n) is 8.87. The molecule has 0 radical (unpaired) electrons. The Bertz CT molecular complexity index is 1340. The summed E-state index contributed by atoms with van der Waals surface area (Å²) in [5, 5.41) is 8.93. The van der Waals surface area contributed by atoms with Gasteiger partial charge in [0.1, 0.15) is 12.3 Å². The van der Waals surface area contributed by atoms with Gasteiger partial charge in [-0.3, -0.25) is 10.1 Å². The normalized spacial score (nSPS) is 11.2. The molecule has 0 saturated carbocycles. The summed E-state index contributed by atoms with van der Waals surface area (Å²) in [4.78, 5) is 23.9. The van der Waals surface area contributed by atoms with Crippen molar-refractivity contribution in [3.05, 3.63) is 77.3 Å². The van der Waals surface area contributed by atoms with E-state index < -0.39 is 5.97 Å². The molecule has 0 aliphatic rings. The minimum atomic E-state index is -0.530. The molecule has 2 N–H and O–H groups in total. The largest absolute Gasteiger partial charge is 0.455 e. The van der Waals surface area contributed by atoms with Crippen LogP contribution in [0.15, 0.2) is 60.9 Å². The topological polar surface area (TPSA) is 96.5 Å². The van der Waals surface area contributed by atoms with E-state index in [9.17, 15) is 4.79 Å². The van der Waals surface area contributed by atoms with Crippen molar-refractivity contribution in [2.75, 3.05) is 0 Å². The number of halogens is 1. The fourth-order valence-electron chi connectivity index (χ4n) is 3.19. The maximum absolute atomic E-state index is 12.4. The molecule has 5 rings (SSSR count). The molecule has 3 heterocycles. The number of fused-ring (bicyclic) bond motifs is 2. The van der Waals surface area contributed by atoms with Crippen LogP contribution in [0.5, 0.6) is 0 Å². The molecule has 0 amide bonds. The maximum atomic E-state index is 12.4. The second-order valence-electron chi connectivity index (χ2n) is 6.51. The average molecular weight is 404 g/mol. The molecule has 0 bridgehead atoms. The Labute approximate surface area is 169 Å². The number of H-pyrrole nitrogens is 2. The minimum Gasteiger partial charge on any atom is -0.455 e. The second kappa shape index (κ2) is 7.03. The fourth-order valence-corrected chi connectivity index (χ4v) is 3.40. The number of hydrogen-bond acceptors (Lipinski definition) is 5. The number of carbonyl (C=O) groups excluding carboxylic acids is 1. The van der Waals surface area contributed by atoms with Gasteiger partial charge >= 0.3 is 5.97 Å². The second-order valence-corrected chi connectivity index (χ2v) is 6.95. The van der Waals surface area contributed by atoms with E-state index in [1.165, 1.54) is 0 Å². The van der Waals surface area contributed by atoms with Crippen LogP contribution in [0, 0.1) is 0 Å². The number of aromatic nitrogens is 5. The number of hydrogen-bond donors (Lipinski definition) is 2. The third-order valence-electron chi connectivity index (χ3n) is 4.57. The van der Waals surface area contributed by atoms with Crippen molar-refractivity contribution < 1.29 is 9.53 Å². The number of esters is 1. The van der Waals surface area contributed by atoms with Gasteiger partial charge in [0.05, 0.1) is 16.6 Å². The van der Waals surface area contributed by atoms with Crippen molar-refractivity contribution in [1.29, 1.82) is 0 Å². The Hall–Kier alpha value is -3.71. The van der Waals surface area contributed by atoms with Crippen molar-refractivity contribution in [2.45, 2.75) is 6.61 Å². The van der Waals surface area contributed by atoms with Crippen molar-refractivity contribution >= 4 is 39.5 Å². The Morgan fingerprint density at radius 3 is 2.76 bits per heavy atom. The average Bonchev–Trinajstić information content (AvgIpc) is 3.34. The van der Waals surface area contributed by atoms with Gasteiger partial charge < -0.3 is 9.72 Å². The zero-order valence-electron chi connectivity index (χ0n) is 15.0. The van der Waals surface area contributed by atoms with Gasteiger partial charge in [-0.05, 0) is 42.0 Å². The number of benzene rings is 2. The number of pyridine rings is 1. The molecule has 0 atom stereocenters. The molecule has 142 valence electrons. The van der Waals surface area contributed by atoms with Crippen LogP contribution in [0.25, 0.3) is 33.2 Å². The molecule has 7 nitrogen and oxygen atoms in total. The highest BCUT2D eigenvalue weighted by Gasteiger charge is 2.16. The number of imidazole rings is 1. The smallest absolute Gasteiger partial charge is 0.374 e. The molecule has 0 spiro atoms. The number of aromatic amines is 2. The standard InChI is InChI=1S/C21H14ClN5O2/c22-14-3-1-2-12(8-14)11-29-21(28)20-24-17-9-15-16(10-18(17)25-20)26-27-19(15)13-4-6-23-7-5-13/h1-10H,11H2,(H,24,25)(H,26,27). The third kappa shape index (κ3) is 3.32. The molecular weight excluding hydrogens is 390 g/mol. The van der Waals surface area contributed by atoms with E-state index in [1.807, 2.05) is 36.4 Å². The molecule has 3 aromatic heterocycles. The van der Waals surface area contributed by atoms with Gasteiger partial charge in [-0.1, -0.05) is 23.7 Å². The van der Waals surface area contributed by atoms with Crippen LogP contribution in [-0.4, -0.2) is 31.1 Å². The van der Waals surface area contributed by atoms with Crippen molar-refractivity contribution in [3.63, 3.8) is 0 Å². The first kappa shape index (κ1) is 17.4. The summed E-state index contributed by atoms with van der Waals surface area (Å²) in [5.41, 5.74) is 4.77. The summed E-state index contributed by atoms with van der Waals surface area (Å²) in [5.74, 6) is -0.384. The lowest BCUT2D eigenvalue weighted by Gasteiger charge is -2.03. The highest BCUT2D eigenvalue weighted by atomic mass is 35.5. The number of carbonyl (C=O) groups is 1. The highest BCUT2D eigenvalue weighted by Crippen LogP contribution is 2.29. The van der Waals surface area contributed by atoms with Crippen LogP contribution in [0.2, 0.25) is 5.02 Å². The van der Waals surface area contributed by atoms with Crippen LogP contribution < -0.4 is 0 Å². The summed E-state index contributed by atoms with van der Waals surface area (Å²) >= 11 is 5.96. The number of nitrogens with one attached hydrogen (secondary N) is 2. The lowest BCUT2D eigenvalue weighted by molar-refractivity contribution is 0.0460. The van der Waals surface area contributed by atoms with Crippen LogP contribution in [0.1, 0.15) is 16.2 Å². The summed E-state index contributed by atoms with van der Waals surface area (Å²) in [6.45, 7) is 0.118. The van der Waals surface area contributed by atoms with E-state index in [2.05, 4.69) is 25.1 Å². The fraction of sp³-hybridized carbons (Fsp3) is 0.0476. The Balaban J connectivity index is 1.44. The molecule has 0 aliphatic carbocycles. The van der Waals surface area contributed by atoms with Gasteiger partial charge in [0.2, 0.25) is 5.82 Å². The summed E-state index contributed by atoms with van der Waals surface area (Å²) < 4.78 is 5.35. The Morgan fingerprint density at radius 2 is 1.93 bits per heavy atom. The molecule has 29 heavy (non-hydrogen) atoms. The summed E-state index contributed by atoms with van der Waals surface area (Å²) in [6.07, 6.45) is 3.44. The number of ether oxygens (including phenoxy) is 1. The summed E-state index contributed by atoms with van der Waals surface area (Å²) in [6, 6.07) is 14.7. The molecule has 0 fully saturated rings. The molecule has 0 unspecified atom stereocenters. The molecule has 8 heteroatoms. The molecule has 2 aromatic carbocycles. The van der Waals surface area contributed by atoms with Crippen LogP contribution in [0.3, 0.4) is 0 Å². The van der Waals surface area contributed by atoms with Gasteiger partial charge in [-0.2, -0.15) is 5.10 Å². The molecule has 5 aromatic rings. The van der Waals surface area contributed by atoms with Crippen LogP contribution in [0.4, 0.5) is 0 Å². The van der Waals surface area contributed by atoms with Crippen LogP contribution >= 0.6 is 11.6 Å². The molecular formula is C21H14ClN5O2. The zero-order valence-corrected chi connectivity index (χ0v) is 15.8. The predicted octanol–water partition coefficient (Wildman–Crippen LogP) is 4.51. The lowest BCUT2D eigenvalue weighted by Crippen LogP contribution is -2.07. The lowest BCUT2D eigenvalue weighted by atomic mass is 10.1. The molecule has 0 aliphatic heterocycles. The minimum absolute atomic E-state index is 0.118. The van der Waals surface area contributed by atoms with Crippen molar-refractivity contribution in [2.24, 2.45) is 0 Å². The Kier molecular flexibility index (Phi) is 4.22. The van der Waals surface area contributed by atoms with Crippen LogP contribution in [-0.2, 0) is 11.3 Å². The number of rotatable bonds is 4. The van der Waals surface area contributed by atoms with E-state index in [1.54, 1.807) is 24.5 Å². The van der Waals surface area contributed by atoms with E-state index in [-0.39, 0.29) is 12.4 Å². The quantitative estimate of drug-likeness (QED) is 0.430. The van der Waals surface area contributed by atoms with Gasteiger partial charge in [0.15, 0.2) is 0 Å². The zero-order chi connectivity index (χ0) is 19.8. The van der Waals surface area contributed by atoms with Gasteiger partial charge in [-0.25, -0.2) is 9.78 Å². The van der Waals surface area contributed by atoms with E-state index >= 15 is 0 Å². The van der Waals surface area contributed by atoms with Crippen molar-refractivity contribution in [3.8, 4) is 11.3 Å². The highest BCUT2D eigenvalue weighted by molar-refractivity contribution is 6.30. The summed E-state index contributed by atoms with van der Waals surface area (Å²) in [7, 11) is 0. The van der Waals surface area contributed by atoms with Gasteiger partial charge in [0.25, 0.3) is 0 Å². The SMILES string of the molecule is O=C(OCc1cccc(Cl)c1)c1nc2cc3c(-c4ccncc4)n[nH]c3cc2[nH]1. The monoisotopic (exact) mass is 403 g/mol. The van der Waals surface area contributed by atoms with E-state index in [0.717, 1.165) is 33.2 Å². The predicted molar refractivity (Wildman–Crippen MR) is 110 cm³/mol.